The SMILES string of the molecule is CC/C=C/C=C/C=C/CCCCCCCC(=O)OC(COC(=O)CCCCCCCCC/C=C/CCCCCC)COP(=O)([O-])OCC[N+](C)(C)C. The number of likely N-dealkylation sites (N-methyl/N-ethyl adjacent to an activating group) is 1. The Bertz CT molecular complexity index is 1030. The number of phosphoric ester groups is 1. The summed E-state index contributed by atoms with van der Waals surface area (Å²) in [5.74, 6) is -0.868. The Morgan fingerprint density at radius 2 is 1.12 bits per heavy atom. The summed E-state index contributed by atoms with van der Waals surface area (Å²) in [7, 11) is 1.14. The van der Waals surface area contributed by atoms with Crippen LogP contribution in [0, 0.1) is 0 Å². The fourth-order valence-corrected chi connectivity index (χ4v) is 5.91. The first kappa shape index (κ1) is 50.0. The zero-order chi connectivity index (χ0) is 38.6. The first-order valence-electron chi connectivity index (χ1n) is 20.4. The van der Waals surface area contributed by atoms with Crippen LogP contribution in [0.2, 0.25) is 0 Å². The Hall–Kier alpha value is -2.03. The molecule has 0 heterocycles. The number of allylic oxidation sites excluding steroid dienone is 8. The molecule has 0 aliphatic carbocycles. The molecule has 0 spiro atoms. The zero-order valence-corrected chi connectivity index (χ0v) is 34.6. The average Bonchev–Trinajstić information content (AvgIpc) is 3.09. The molecule has 0 fully saturated rings. The fraction of sp³-hybridized carbons (Fsp3) is 0.762. The molecule has 0 saturated heterocycles. The Kier molecular flexibility index (Phi) is 33.4. The second kappa shape index (κ2) is 34.7. The molecule has 0 aliphatic heterocycles. The molecule has 0 amide bonds. The largest absolute Gasteiger partial charge is 0.756 e. The smallest absolute Gasteiger partial charge is 0.306 e. The van der Waals surface area contributed by atoms with Crippen LogP contribution < -0.4 is 4.89 Å². The fourth-order valence-electron chi connectivity index (χ4n) is 5.18. The normalized spacial score (nSPS) is 14.2. The molecule has 52 heavy (non-hydrogen) atoms. The molecule has 0 aliphatic rings. The molecule has 0 rings (SSSR count). The number of rotatable bonds is 36. The van der Waals surface area contributed by atoms with Crippen molar-refractivity contribution >= 4 is 19.8 Å². The molecule has 9 nitrogen and oxygen atoms in total. The number of carbonyl (C=O) groups excluding carboxylic acids is 2. The maximum absolute atomic E-state index is 12.6. The van der Waals surface area contributed by atoms with Gasteiger partial charge in [-0.1, -0.05) is 133 Å². The lowest BCUT2D eigenvalue weighted by molar-refractivity contribution is -0.870. The predicted octanol–water partition coefficient (Wildman–Crippen LogP) is 10.5. The highest BCUT2D eigenvalue weighted by Gasteiger charge is 2.21. The Morgan fingerprint density at radius 1 is 0.615 bits per heavy atom. The first-order valence-corrected chi connectivity index (χ1v) is 21.8. The third-order valence-corrected chi connectivity index (χ3v) is 9.36. The van der Waals surface area contributed by atoms with Gasteiger partial charge in [0.25, 0.3) is 7.82 Å². The van der Waals surface area contributed by atoms with Crippen molar-refractivity contribution < 1.29 is 42.1 Å². The van der Waals surface area contributed by atoms with E-state index in [1.165, 1.54) is 51.4 Å². The van der Waals surface area contributed by atoms with E-state index in [1.807, 2.05) is 39.4 Å². The number of nitrogens with zero attached hydrogens (tertiary/aromatic N) is 1. The molecule has 0 saturated carbocycles. The van der Waals surface area contributed by atoms with Crippen LogP contribution in [-0.4, -0.2) is 70.0 Å². The highest BCUT2D eigenvalue weighted by molar-refractivity contribution is 7.45. The van der Waals surface area contributed by atoms with Crippen molar-refractivity contribution in [3.05, 3.63) is 48.6 Å². The van der Waals surface area contributed by atoms with Crippen molar-refractivity contribution in [1.29, 1.82) is 0 Å². The minimum Gasteiger partial charge on any atom is -0.756 e. The molecule has 2 unspecified atom stereocenters. The third kappa shape index (κ3) is 37.7. The van der Waals surface area contributed by atoms with E-state index in [0.29, 0.717) is 17.4 Å². The van der Waals surface area contributed by atoms with E-state index in [9.17, 15) is 19.0 Å². The number of carbonyl (C=O) groups is 2. The van der Waals surface area contributed by atoms with Crippen LogP contribution in [-0.2, 0) is 32.7 Å². The van der Waals surface area contributed by atoms with Crippen LogP contribution in [0.3, 0.4) is 0 Å². The lowest BCUT2D eigenvalue weighted by atomic mass is 10.1. The molecule has 0 radical (unpaired) electrons. The van der Waals surface area contributed by atoms with Gasteiger partial charge in [-0.25, -0.2) is 0 Å². The van der Waals surface area contributed by atoms with E-state index in [2.05, 4.69) is 44.2 Å². The van der Waals surface area contributed by atoms with Gasteiger partial charge in [0.2, 0.25) is 0 Å². The molecule has 10 heteroatoms. The van der Waals surface area contributed by atoms with E-state index >= 15 is 0 Å². The highest BCUT2D eigenvalue weighted by atomic mass is 31.2. The first-order chi connectivity index (χ1) is 25.0. The molecular weight excluding hydrogens is 677 g/mol. The van der Waals surface area contributed by atoms with E-state index in [4.69, 9.17) is 18.5 Å². The molecule has 2 atom stereocenters. The topological polar surface area (TPSA) is 111 Å². The van der Waals surface area contributed by atoms with Gasteiger partial charge in [0, 0.05) is 12.8 Å². The van der Waals surface area contributed by atoms with Crippen LogP contribution >= 0.6 is 7.82 Å². The van der Waals surface area contributed by atoms with Gasteiger partial charge in [-0.15, -0.1) is 0 Å². The standard InChI is InChI=1S/C42H76NO8P/c1-6-8-10-12-14-16-18-20-21-23-24-26-28-30-32-34-41(44)48-38-40(39-50-52(46,47)49-37-36-43(3,4)5)51-42(45)35-33-31-29-27-25-22-19-17-15-13-11-9-7-2/h9,11,13,15-19,40H,6-8,10,12,14,20-39H2,1-5H3/b11-9+,15-13+,18-16+,19-17+. The van der Waals surface area contributed by atoms with Gasteiger partial charge >= 0.3 is 11.9 Å². The van der Waals surface area contributed by atoms with Crippen LogP contribution in [0.15, 0.2) is 48.6 Å². The van der Waals surface area contributed by atoms with Gasteiger partial charge in [0.05, 0.1) is 27.7 Å². The van der Waals surface area contributed by atoms with E-state index < -0.39 is 32.5 Å². The molecule has 0 N–H and O–H groups in total. The second-order valence-corrected chi connectivity index (χ2v) is 16.1. The number of ether oxygens (including phenoxy) is 2. The summed E-state index contributed by atoms with van der Waals surface area (Å²) in [4.78, 5) is 37.4. The number of unbranched alkanes of at least 4 members (excludes halogenated alkanes) is 16. The van der Waals surface area contributed by atoms with Crippen LogP contribution in [0.1, 0.15) is 155 Å². The number of hydrogen-bond donors (Lipinski definition) is 0. The maximum atomic E-state index is 12.6. The number of quaternary nitrogens is 1. The van der Waals surface area contributed by atoms with Crippen molar-refractivity contribution in [2.24, 2.45) is 0 Å². The van der Waals surface area contributed by atoms with Crippen molar-refractivity contribution in [1.82, 2.24) is 0 Å². The average molecular weight is 754 g/mol. The van der Waals surface area contributed by atoms with Gasteiger partial charge in [0.15, 0.2) is 6.10 Å². The zero-order valence-electron chi connectivity index (χ0n) is 33.7. The second-order valence-electron chi connectivity index (χ2n) is 14.7. The third-order valence-electron chi connectivity index (χ3n) is 8.39. The predicted molar refractivity (Wildman–Crippen MR) is 213 cm³/mol. The summed E-state index contributed by atoms with van der Waals surface area (Å²) in [6, 6.07) is 0. The molecule has 302 valence electrons. The lowest BCUT2D eigenvalue weighted by Crippen LogP contribution is -2.37. The Labute approximate surface area is 318 Å². The number of phosphoric acid groups is 1. The van der Waals surface area contributed by atoms with E-state index in [-0.39, 0.29) is 26.1 Å². The quantitative estimate of drug-likeness (QED) is 0.0155. The molecule has 0 aromatic rings. The summed E-state index contributed by atoms with van der Waals surface area (Å²) in [5.41, 5.74) is 0. The molecule has 0 aromatic carbocycles. The van der Waals surface area contributed by atoms with Gasteiger partial charge in [-0.05, 0) is 57.8 Å². The van der Waals surface area contributed by atoms with Crippen molar-refractivity contribution in [2.45, 2.75) is 161 Å². The summed E-state index contributed by atoms with van der Waals surface area (Å²) >= 11 is 0. The van der Waals surface area contributed by atoms with Crippen LogP contribution in [0.4, 0.5) is 0 Å². The van der Waals surface area contributed by atoms with Gasteiger partial charge in [0.1, 0.15) is 19.8 Å². The highest BCUT2D eigenvalue weighted by Crippen LogP contribution is 2.38. The lowest BCUT2D eigenvalue weighted by Gasteiger charge is -2.28. The van der Waals surface area contributed by atoms with Crippen molar-refractivity contribution in [3.8, 4) is 0 Å². The number of esters is 2. The number of hydrogen-bond acceptors (Lipinski definition) is 8. The molecular formula is C42H76NO8P. The van der Waals surface area contributed by atoms with Gasteiger partial charge < -0.3 is 27.9 Å². The maximum Gasteiger partial charge on any atom is 0.306 e. The van der Waals surface area contributed by atoms with E-state index in [1.54, 1.807) is 0 Å². The van der Waals surface area contributed by atoms with Crippen molar-refractivity contribution in [3.63, 3.8) is 0 Å². The Balaban J connectivity index is 4.43. The monoisotopic (exact) mass is 754 g/mol. The Morgan fingerprint density at radius 3 is 1.67 bits per heavy atom. The van der Waals surface area contributed by atoms with Gasteiger partial charge in [-0.2, -0.15) is 0 Å². The molecule has 0 aromatic heterocycles. The summed E-state index contributed by atoms with van der Waals surface area (Å²) in [6.45, 7) is 4.03. The summed E-state index contributed by atoms with van der Waals surface area (Å²) in [6.07, 6.45) is 38.5. The minimum absolute atomic E-state index is 0.0374. The molecule has 0 bridgehead atoms. The summed E-state index contributed by atoms with van der Waals surface area (Å²) < 4.78 is 33.8. The van der Waals surface area contributed by atoms with Gasteiger partial charge in [-0.3, -0.25) is 14.2 Å². The summed E-state index contributed by atoms with van der Waals surface area (Å²) in [5, 5.41) is 0. The van der Waals surface area contributed by atoms with Crippen LogP contribution in [0.25, 0.3) is 0 Å². The van der Waals surface area contributed by atoms with E-state index in [0.717, 1.165) is 70.6 Å². The minimum atomic E-state index is -4.63. The van der Waals surface area contributed by atoms with Crippen LogP contribution in [0.5, 0.6) is 0 Å². The van der Waals surface area contributed by atoms with Crippen molar-refractivity contribution in [2.75, 3.05) is 47.5 Å².